The second-order valence-corrected chi connectivity index (χ2v) is 3.68. The monoisotopic (exact) mass is 255 g/mol. The van der Waals surface area contributed by atoms with Gasteiger partial charge in [-0.05, 0) is 30.3 Å². The van der Waals surface area contributed by atoms with Crippen molar-refractivity contribution < 1.29 is 4.39 Å². The predicted octanol–water partition coefficient (Wildman–Crippen LogP) is 2.87. The van der Waals surface area contributed by atoms with Gasteiger partial charge >= 0.3 is 0 Å². The summed E-state index contributed by atoms with van der Waals surface area (Å²) >= 11 is 3.34. The van der Waals surface area contributed by atoms with Crippen LogP contribution in [0.15, 0.2) is 22.7 Å². The molecule has 0 spiro atoms. The maximum Gasteiger partial charge on any atom is 0.123 e. The summed E-state index contributed by atoms with van der Waals surface area (Å²) in [6, 6.07) is 4.25. The van der Waals surface area contributed by atoms with Gasteiger partial charge in [-0.3, -0.25) is 0 Å². The first-order chi connectivity index (χ1) is 6.69. The molecule has 74 valence electrons. The summed E-state index contributed by atoms with van der Waals surface area (Å²) in [5.74, 6) is 2.30. The van der Waals surface area contributed by atoms with Crippen LogP contribution in [0.3, 0.4) is 0 Å². The minimum atomic E-state index is -0.277. The third kappa shape index (κ3) is 2.57. The van der Waals surface area contributed by atoms with Gasteiger partial charge in [-0.15, -0.1) is 6.42 Å². The van der Waals surface area contributed by atoms with Crippen molar-refractivity contribution in [1.29, 1.82) is 0 Å². The average molecular weight is 256 g/mol. The molecule has 3 heteroatoms. The van der Waals surface area contributed by atoms with Crippen molar-refractivity contribution in [2.24, 2.45) is 0 Å². The Kier molecular flexibility index (Phi) is 4.12. The molecule has 0 saturated carbocycles. The first kappa shape index (κ1) is 11.2. The number of rotatable bonds is 3. The lowest BCUT2D eigenvalue weighted by Crippen LogP contribution is -2.19. The zero-order chi connectivity index (χ0) is 10.6. The Balaban J connectivity index is 3.03. The molecule has 14 heavy (non-hydrogen) atoms. The molecular weight excluding hydrogens is 245 g/mol. The molecule has 0 bridgehead atoms. The average Bonchev–Trinajstić information content (AvgIpc) is 2.18. The third-order valence-electron chi connectivity index (χ3n) is 1.84. The van der Waals surface area contributed by atoms with Crippen molar-refractivity contribution in [2.45, 2.75) is 13.0 Å². The van der Waals surface area contributed by atoms with Gasteiger partial charge in [-0.2, -0.15) is 0 Å². The molecular formula is C11H11BrFN. The van der Waals surface area contributed by atoms with Gasteiger partial charge in [0, 0.05) is 4.47 Å². The van der Waals surface area contributed by atoms with Gasteiger partial charge in [-0.25, -0.2) is 4.39 Å². The van der Waals surface area contributed by atoms with Crippen LogP contribution in [0, 0.1) is 18.2 Å². The molecule has 1 unspecified atom stereocenters. The number of terminal acetylenes is 1. The van der Waals surface area contributed by atoms with Gasteiger partial charge < -0.3 is 5.32 Å². The SMILES string of the molecule is C#CC(NCC)c1cc(F)ccc1Br. The molecule has 0 saturated heterocycles. The van der Waals surface area contributed by atoms with Crippen molar-refractivity contribution in [2.75, 3.05) is 6.54 Å². The Morgan fingerprint density at radius 2 is 2.36 bits per heavy atom. The summed E-state index contributed by atoms with van der Waals surface area (Å²) in [6.45, 7) is 2.70. The molecule has 0 radical (unpaired) electrons. The van der Waals surface area contributed by atoms with Crippen LogP contribution in [-0.4, -0.2) is 6.54 Å². The van der Waals surface area contributed by atoms with Gasteiger partial charge in [0.25, 0.3) is 0 Å². The summed E-state index contributed by atoms with van der Waals surface area (Å²) in [4.78, 5) is 0. The molecule has 1 nitrogen and oxygen atoms in total. The smallest absolute Gasteiger partial charge is 0.123 e. The Labute approximate surface area is 91.8 Å². The fourth-order valence-corrected chi connectivity index (χ4v) is 1.67. The number of hydrogen-bond donors (Lipinski definition) is 1. The van der Waals surface area contributed by atoms with Crippen molar-refractivity contribution in [1.82, 2.24) is 5.32 Å². The van der Waals surface area contributed by atoms with E-state index in [0.717, 1.165) is 16.6 Å². The quantitative estimate of drug-likeness (QED) is 0.820. The predicted molar refractivity (Wildman–Crippen MR) is 59.4 cm³/mol. The highest BCUT2D eigenvalue weighted by Crippen LogP contribution is 2.23. The maximum atomic E-state index is 13.0. The van der Waals surface area contributed by atoms with Crippen LogP contribution in [0.2, 0.25) is 0 Å². The highest BCUT2D eigenvalue weighted by Gasteiger charge is 2.11. The normalized spacial score (nSPS) is 12.1. The second-order valence-electron chi connectivity index (χ2n) is 2.82. The summed E-state index contributed by atoms with van der Waals surface area (Å²) in [7, 11) is 0. The molecule has 1 N–H and O–H groups in total. The van der Waals surface area contributed by atoms with Crippen molar-refractivity contribution in [3.8, 4) is 12.3 Å². The van der Waals surface area contributed by atoms with Gasteiger partial charge in [0.1, 0.15) is 5.82 Å². The number of nitrogens with one attached hydrogen (secondary N) is 1. The lowest BCUT2D eigenvalue weighted by Gasteiger charge is -2.13. The van der Waals surface area contributed by atoms with Crippen LogP contribution < -0.4 is 5.32 Å². The van der Waals surface area contributed by atoms with E-state index in [9.17, 15) is 4.39 Å². The van der Waals surface area contributed by atoms with Gasteiger partial charge in [-0.1, -0.05) is 28.8 Å². The fourth-order valence-electron chi connectivity index (χ4n) is 1.20. The summed E-state index contributed by atoms with van der Waals surface area (Å²) in [5.41, 5.74) is 0.759. The summed E-state index contributed by atoms with van der Waals surface area (Å²) in [6.07, 6.45) is 5.35. The van der Waals surface area contributed by atoms with E-state index in [-0.39, 0.29) is 11.9 Å². The molecule has 1 aromatic rings. The largest absolute Gasteiger partial charge is 0.300 e. The Bertz CT molecular complexity index is 357. The lowest BCUT2D eigenvalue weighted by molar-refractivity contribution is 0.613. The summed E-state index contributed by atoms with van der Waals surface area (Å²) < 4.78 is 13.8. The van der Waals surface area contributed by atoms with E-state index >= 15 is 0 Å². The van der Waals surface area contributed by atoms with Crippen LogP contribution in [0.25, 0.3) is 0 Å². The van der Waals surface area contributed by atoms with Gasteiger partial charge in [0.2, 0.25) is 0 Å². The first-order valence-electron chi connectivity index (χ1n) is 4.33. The standard InChI is InChI=1S/C11H11BrFN/c1-3-11(14-4-2)9-7-8(13)5-6-10(9)12/h1,5-7,11,14H,4H2,2H3. The van der Waals surface area contributed by atoms with E-state index in [1.165, 1.54) is 12.1 Å². The molecule has 0 aromatic heterocycles. The molecule has 0 aliphatic heterocycles. The minimum Gasteiger partial charge on any atom is -0.300 e. The minimum absolute atomic E-state index is 0.245. The maximum absolute atomic E-state index is 13.0. The van der Waals surface area contributed by atoms with Crippen LogP contribution in [0.4, 0.5) is 4.39 Å². The number of hydrogen-bond acceptors (Lipinski definition) is 1. The number of halogens is 2. The number of benzene rings is 1. The molecule has 0 aliphatic rings. The van der Waals surface area contributed by atoms with Crippen molar-refractivity contribution in [3.05, 3.63) is 34.1 Å². The second kappa shape index (κ2) is 5.14. The Morgan fingerprint density at radius 1 is 1.64 bits per heavy atom. The molecule has 0 heterocycles. The topological polar surface area (TPSA) is 12.0 Å². The van der Waals surface area contributed by atoms with Crippen molar-refractivity contribution >= 4 is 15.9 Å². The van der Waals surface area contributed by atoms with Crippen LogP contribution in [-0.2, 0) is 0 Å². The zero-order valence-electron chi connectivity index (χ0n) is 7.85. The van der Waals surface area contributed by atoms with E-state index in [1.807, 2.05) is 6.92 Å². The van der Waals surface area contributed by atoms with Crippen LogP contribution in [0.5, 0.6) is 0 Å². The fraction of sp³-hybridized carbons (Fsp3) is 0.273. The highest BCUT2D eigenvalue weighted by atomic mass is 79.9. The van der Waals surface area contributed by atoms with E-state index < -0.39 is 0 Å². The molecule has 0 aliphatic carbocycles. The van der Waals surface area contributed by atoms with E-state index in [2.05, 4.69) is 27.2 Å². The zero-order valence-corrected chi connectivity index (χ0v) is 9.44. The van der Waals surface area contributed by atoms with Crippen LogP contribution in [0.1, 0.15) is 18.5 Å². The Hall–Kier alpha value is -0.850. The van der Waals surface area contributed by atoms with E-state index in [1.54, 1.807) is 6.07 Å². The van der Waals surface area contributed by atoms with E-state index in [4.69, 9.17) is 6.42 Å². The molecule has 0 amide bonds. The molecule has 0 fully saturated rings. The van der Waals surface area contributed by atoms with Crippen molar-refractivity contribution in [3.63, 3.8) is 0 Å². The third-order valence-corrected chi connectivity index (χ3v) is 2.57. The highest BCUT2D eigenvalue weighted by molar-refractivity contribution is 9.10. The Morgan fingerprint density at radius 3 is 2.93 bits per heavy atom. The van der Waals surface area contributed by atoms with Gasteiger partial charge in [0.05, 0.1) is 6.04 Å². The first-order valence-corrected chi connectivity index (χ1v) is 5.12. The summed E-state index contributed by atoms with van der Waals surface area (Å²) in [5, 5.41) is 3.08. The lowest BCUT2D eigenvalue weighted by atomic mass is 10.1. The molecule has 1 rings (SSSR count). The molecule has 1 atom stereocenters. The van der Waals surface area contributed by atoms with Crippen LogP contribution >= 0.6 is 15.9 Å². The van der Waals surface area contributed by atoms with E-state index in [0.29, 0.717) is 0 Å². The molecule has 1 aromatic carbocycles. The van der Waals surface area contributed by atoms with Gasteiger partial charge in [0.15, 0.2) is 0 Å².